The number of nitrogens with one attached hydrogen (secondary N) is 1. The molecule has 7 nitrogen and oxygen atoms in total. The van der Waals surface area contributed by atoms with Gasteiger partial charge in [0.15, 0.2) is 11.4 Å². The Morgan fingerprint density at radius 1 is 1.18 bits per heavy atom. The van der Waals surface area contributed by atoms with Gasteiger partial charge in [-0.15, -0.1) is 0 Å². The number of aromatic nitrogens is 5. The van der Waals surface area contributed by atoms with Gasteiger partial charge in [-0.2, -0.15) is 10.2 Å². The van der Waals surface area contributed by atoms with Crippen LogP contribution in [-0.4, -0.2) is 29.7 Å². The van der Waals surface area contributed by atoms with E-state index < -0.39 is 5.56 Å². The fraction of sp³-hybridized carbons (Fsp3) is 0.0500. The Labute approximate surface area is 163 Å². The molecule has 0 aliphatic carbocycles. The van der Waals surface area contributed by atoms with Gasteiger partial charge in [-0.05, 0) is 35.9 Å². The lowest BCUT2D eigenvalue weighted by atomic mass is 10.0. The zero-order chi connectivity index (χ0) is 19.4. The topological polar surface area (TPSA) is 88.7 Å². The number of H-pyrrole nitrogens is 1. The molecule has 5 rings (SSSR count). The van der Waals surface area contributed by atoms with Crippen LogP contribution in [0.25, 0.3) is 38.6 Å². The number of nitrogens with zero attached hydrogens (tertiary/aromatic N) is 4. The molecular weight excluding hydrogens is 378 g/mol. The van der Waals surface area contributed by atoms with Crippen molar-refractivity contribution in [3.63, 3.8) is 0 Å². The Morgan fingerprint density at radius 3 is 2.82 bits per heavy atom. The van der Waals surface area contributed by atoms with Gasteiger partial charge in [0.1, 0.15) is 0 Å². The van der Waals surface area contributed by atoms with Gasteiger partial charge in [-0.25, -0.2) is 4.68 Å². The minimum atomic E-state index is -0.450. The Bertz CT molecular complexity index is 1420. The Morgan fingerprint density at radius 2 is 2.04 bits per heavy atom. The molecule has 28 heavy (non-hydrogen) atoms. The minimum Gasteiger partial charge on any atom is -0.505 e. The van der Waals surface area contributed by atoms with E-state index in [4.69, 9.17) is 11.6 Å². The molecule has 0 aliphatic heterocycles. The summed E-state index contributed by atoms with van der Waals surface area (Å²) < 4.78 is 3.14. The molecule has 0 fully saturated rings. The summed E-state index contributed by atoms with van der Waals surface area (Å²) in [6.07, 6.45) is 4.93. The number of fused-ring (bicyclic) bond motifs is 2. The number of aromatic hydroxyl groups is 1. The summed E-state index contributed by atoms with van der Waals surface area (Å²) in [5, 5.41) is 21.1. The highest BCUT2D eigenvalue weighted by atomic mass is 35.5. The van der Waals surface area contributed by atoms with Gasteiger partial charge in [-0.3, -0.25) is 9.48 Å². The van der Waals surface area contributed by atoms with E-state index in [9.17, 15) is 9.90 Å². The molecule has 2 aromatic carbocycles. The maximum absolute atomic E-state index is 12.4. The van der Waals surface area contributed by atoms with Crippen LogP contribution in [0.4, 0.5) is 0 Å². The molecule has 5 aromatic rings. The van der Waals surface area contributed by atoms with Crippen molar-refractivity contribution < 1.29 is 5.11 Å². The SMILES string of the molecule is Cn1ncc2cc(-c3cc4c(O)c(-n5cccn5)c(=O)[nH]c4cc3Cl)ccc21. The second kappa shape index (κ2) is 5.97. The molecular formula is C20H14ClN5O2. The van der Waals surface area contributed by atoms with Crippen LogP contribution in [0.2, 0.25) is 5.02 Å². The van der Waals surface area contributed by atoms with Gasteiger partial charge < -0.3 is 10.1 Å². The number of aryl methyl sites for hydroxylation is 1. The third-order valence-electron chi connectivity index (χ3n) is 4.84. The van der Waals surface area contributed by atoms with E-state index >= 15 is 0 Å². The van der Waals surface area contributed by atoms with Gasteiger partial charge in [0.25, 0.3) is 5.56 Å². The predicted octanol–water partition coefficient (Wildman–Crippen LogP) is 3.63. The fourth-order valence-corrected chi connectivity index (χ4v) is 3.73. The lowest BCUT2D eigenvalue weighted by molar-refractivity contribution is 0.475. The first-order valence-electron chi connectivity index (χ1n) is 8.53. The van der Waals surface area contributed by atoms with Crippen LogP contribution < -0.4 is 5.56 Å². The molecule has 0 amide bonds. The summed E-state index contributed by atoms with van der Waals surface area (Å²) in [7, 11) is 1.89. The van der Waals surface area contributed by atoms with Gasteiger partial charge >= 0.3 is 0 Å². The number of pyridine rings is 1. The van der Waals surface area contributed by atoms with Gasteiger partial charge in [0, 0.05) is 35.8 Å². The molecule has 0 radical (unpaired) electrons. The number of rotatable bonds is 2. The highest BCUT2D eigenvalue weighted by Crippen LogP contribution is 2.36. The molecule has 0 aliphatic rings. The van der Waals surface area contributed by atoms with E-state index in [-0.39, 0.29) is 11.4 Å². The third-order valence-corrected chi connectivity index (χ3v) is 5.15. The summed E-state index contributed by atoms with van der Waals surface area (Å²) in [6, 6.07) is 11.0. The van der Waals surface area contributed by atoms with Gasteiger partial charge in [0.2, 0.25) is 0 Å². The molecule has 0 atom stereocenters. The second-order valence-electron chi connectivity index (χ2n) is 6.52. The molecule has 0 spiro atoms. The standard InChI is InChI=1S/C20H14ClN5O2/c1-25-17-4-3-11(7-12(17)10-23-25)13-8-14-16(9-15(13)21)24-20(28)18(19(14)27)26-6-2-5-22-26/h2-10H,1H3,(H2,24,27,28). The minimum absolute atomic E-state index is 0.0634. The first-order chi connectivity index (χ1) is 13.5. The van der Waals surface area contributed by atoms with Crippen molar-refractivity contribution in [2.24, 2.45) is 7.05 Å². The quantitative estimate of drug-likeness (QED) is 0.481. The summed E-state index contributed by atoms with van der Waals surface area (Å²) in [6.45, 7) is 0. The Hall–Kier alpha value is -3.58. The highest BCUT2D eigenvalue weighted by molar-refractivity contribution is 6.34. The number of benzene rings is 2. The van der Waals surface area contributed by atoms with E-state index in [1.807, 2.05) is 25.2 Å². The molecule has 2 N–H and O–H groups in total. The van der Waals surface area contributed by atoms with Crippen molar-refractivity contribution >= 4 is 33.4 Å². The Balaban J connectivity index is 1.77. The third kappa shape index (κ3) is 2.40. The molecule has 0 unspecified atom stereocenters. The number of halogens is 1. The normalized spacial score (nSPS) is 11.5. The molecule has 0 saturated carbocycles. The van der Waals surface area contributed by atoms with Gasteiger partial charge in [0.05, 0.1) is 22.3 Å². The lowest BCUT2D eigenvalue weighted by Gasteiger charge is -2.11. The van der Waals surface area contributed by atoms with Crippen molar-refractivity contribution in [2.45, 2.75) is 0 Å². The summed E-state index contributed by atoms with van der Waals surface area (Å²) >= 11 is 6.50. The predicted molar refractivity (Wildman–Crippen MR) is 108 cm³/mol. The number of aromatic amines is 1. The van der Waals surface area contributed by atoms with E-state index in [0.29, 0.717) is 15.9 Å². The van der Waals surface area contributed by atoms with Gasteiger partial charge in [-0.1, -0.05) is 17.7 Å². The fourth-order valence-electron chi connectivity index (χ4n) is 3.46. The van der Waals surface area contributed by atoms with Crippen molar-refractivity contribution in [3.8, 4) is 22.6 Å². The van der Waals surface area contributed by atoms with Crippen molar-refractivity contribution in [1.82, 2.24) is 24.5 Å². The number of hydrogen-bond donors (Lipinski definition) is 2. The number of hydrogen-bond acceptors (Lipinski definition) is 4. The van der Waals surface area contributed by atoms with Crippen LogP contribution in [-0.2, 0) is 7.05 Å². The summed E-state index contributed by atoms with van der Waals surface area (Å²) in [5.41, 5.74) is 2.71. The van der Waals surface area contributed by atoms with Crippen LogP contribution in [0.3, 0.4) is 0 Å². The summed E-state index contributed by atoms with van der Waals surface area (Å²) in [5.74, 6) is -0.150. The summed E-state index contributed by atoms with van der Waals surface area (Å²) in [4.78, 5) is 15.2. The maximum atomic E-state index is 12.4. The largest absolute Gasteiger partial charge is 0.505 e. The average molecular weight is 392 g/mol. The van der Waals surface area contributed by atoms with Crippen LogP contribution in [0.5, 0.6) is 5.75 Å². The molecule has 0 saturated heterocycles. The van der Waals surface area contributed by atoms with E-state index in [2.05, 4.69) is 15.2 Å². The van der Waals surface area contributed by atoms with Crippen LogP contribution in [0.15, 0.2) is 59.8 Å². The molecule has 3 aromatic heterocycles. The zero-order valence-corrected chi connectivity index (χ0v) is 15.5. The average Bonchev–Trinajstić information content (AvgIpc) is 3.31. The maximum Gasteiger partial charge on any atom is 0.278 e. The van der Waals surface area contributed by atoms with Crippen LogP contribution >= 0.6 is 11.6 Å². The monoisotopic (exact) mass is 391 g/mol. The molecule has 3 heterocycles. The first kappa shape index (κ1) is 16.6. The van der Waals surface area contributed by atoms with Crippen molar-refractivity contribution in [3.05, 3.63) is 70.4 Å². The Kier molecular flexibility index (Phi) is 3.53. The first-order valence-corrected chi connectivity index (χ1v) is 8.91. The van der Waals surface area contributed by atoms with Crippen molar-refractivity contribution in [1.29, 1.82) is 0 Å². The molecule has 8 heteroatoms. The van der Waals surface area contributed by atoms with Crippen LogP contribution in [0.1, 0.15) is 0 Å². The molecule has 138 valence electrons. The second-order valence-corrected chi connectivity index (χ2v) is 6.93. The van der Waals surface area contributed by atoms with E-state index in [1.54, 1.807) is 41.5 Å². The molecule has 0 bridgehead atoms. The van der Waals surface area contributed by atoms with E-state index in [1.165, 1.54) is 4.68 Å². The highest BCUT2D eigenvalue weighted by Gasteiger charge is 2.17. The van der Waals surface area contributed by atoms with Crippen molar-refractivity contribution in [2.75, 3.05) is 0 Å². The van der Waals surface area contributed by atoms with E-state index in [0.717, 1.165) is 22.0 Å². The lowest BCUT2D eigenvalue weighted by Crippen LogP contribution is -2.15. The van der Waals surface area contributed by atoms with Crippen LogP contribution in [0, 0.1) is 0 Å². The smallest absolute Gasteiger partial charge is 0.278 e. The zero-order valence-electron chi connectivity index (χ0n) is 14.7.